The molecular formula is C14H16FN3OS. The lowest BCUT2D eigenvalue weighted by molar-refractivity contribution is 0.386. The second kappa shape index (κ2) is 5.85. The van der Waals surface area contributed by atoms with Crippen molar-refractivity contribution >= 4 is 11.3 Å². The molecular weight excluding hydrogens is 277 g/mol. The molecule has 0 saturated heterocycles. The molecule has 0 amide bonds. The SMILES string of the molecule is COc1ccc(-c2nnc(CCNC3CC3)s2)cc1F. The van der Waals surface area contributed by atoms with Crippen LogP contribution in [0.4, 0.5) is 4.39 Å². The lowest BCUT2D eigenvalue weighted by atomic mass is 10.2. The van der Waals surface area contributed by atoms with Gasteiger partial charge in [0.1, 0.15) is 10.0 Å². The van der Waals surface area contributed by atoms with E-state index in [2.05, 4.69) is 15.5 Å². The Balaban J connectivity index is 1.67. The topological polar surface area (TPSA) is 47.0 Å². The van der Waals surface area contributed by atoms with Crippen LogP contribution in [0.5, 0.6) is 5.75 Å². The summed E-state index contributed by atoms with van der Waals surface area (Å²) < 4.78 is 18.6. The van der Waals surface area contributed by atoms with Gasteiger partial charge in [0, 0.05) is 24.6 Å². The van der Waals surface area contributed by atoms with E-state index in [-0.39, 0.29) is 11.6 Å². The second-order valence-corrected chi connectivity index (χ2v) is 5.89. The van der Waals surface area contributed by atoms with Crippen LogP contribution in [0.25, 0.3) is 10.6 Å². The molecule has 1 aromatic carbocycles. The highest BCUT2D eigenvalue weighted by Crippen LogP contribution is 2.28. The zero-order valence-electron chi connectivity index (χ0n) is 11.2. The highest BCUT2D eigenvalue weighted by molar-refractivity contribution is 7.14. The molecule has 1 aliphatic rings. The van der Waals surface area contributed by atoms with Gasteiger partial charge in [-0.05, 0) is 31.0 Å². The molecule has 0 aliphatic heterocycles. The van der Waals surface area contributed by atoms with E-state index in [0.29, 0.717) is 6.04 Å². The van der Waals surface area contributed by atoms with Crippen molar-refractivity contribution in [1.29, 1.82) is 0 Å². The van der Waals surface area contributed by atoms with Gasteiger partial charge in [-0.1, -0.05) is 11.3 Å². The molecule has 0 bridgehead atoms. The quantitative estimate of drug-likeness (QED) is 0.889. The number of hydrogen-bond donors (Lipinski definition) is 1. The van der Waals surface area contributed by atoms with Crippen LogP contribution in [0.3, 0.4) is 0 Å². The van der Waals surface area contributed by atoms with Gasteiger partial charge in [0.2, 0.25) is 0 Å². The van der Waals surface area contributed by atoms with Crippen LogP contribution in [0, 0.1) is 5.82 Å². The molecule has 6 heteroatoms. The Morgan fingerprint density at radius 2 is 2.25 bits per heavy atom. The van der Waals surface area contributed by atoms with Crippen LogP contribution in [-0.4, -0.2) is 29.9 Å². The Morgan fingerprint density at radius 1 is 1.40 bits per heavy atom. The average molecular weight is 293 g/mol. The largest absolute Gasteiger partial charge is 0.494 e. The molecule has 1 heterocycles. The summed E-state index contributed by atoms with van der Waals surface area (Å²) >= 11 is 1.51. The number of rotatable bonds is 6. The van der Waals surface area contributed by atoms with Crippen LogP contribution in [0.2, 0.25) is 0 Å². The summed E-state index contributed by atoms with van der Waals surface area (Å²) in [7, 11) is 1.45. The summed E-state index contributed by atoms with van der Waals surface area (Å²) in [6.45, 7) is 0.927. The minimum atomic E-state index is -0.378. The summed E-state index contributed by atoms with van der Waals surface area (Å²) in [4.78, 5) is 0. The monoisotopic (exact) mass is 293 g/mol. The number of methoxy groups -OCH3 is 1. The van der Waals surface area contributed by atoms with Crippen molar-refractivity contribution < 1.29 is 9.13 Å². The molecule has 2 aromatic rings. The fourth-order valence-electron chi connectivity index (χ4n) is 1.94. The van der Waals surface area contributed by atoms with Crippen molar-refractivity contribution in [2.45, 2.75) is 25.3 Å². The molecule has 0 unspecified atom stereocenters. The average Bonchev–Trinajstić information content (AvgIpc) is 3.15. The molecule has 0 radical (unpaired) electrons. The van der Waals surface area contributed by atoms with E-state index in [1.54, 1.807) is 12.1 Å². The van der Waals surface area contributed by atoms with E-state index in [9.17, 15) is 4.39 Å². The number of aromatic nitrogens is 2. The van der Waals surface area contributed by atoms with Gasteiger partial charge in [-0.2, -0.15) is 0 Å². The first kappa shape index (κ1) is 13.5. The zero-order valence-corrected chi connectivity index (χ0v) is 12.0. The van der Waals surface area contributed by atoms with E-state index in [1.165, 1.54) is 37.4 Å². The molecule has 1 fully saturated rings. The van der Waals surface area contributed by atoms with Crippen molar-refractivity contribution in [2.75, 3.05) is 13.7 Å². The molecule has 106 valence electrons. The van der Waals surface area contributed by atoms with Gasteiger partial charge in [-0.15, -0.1) is 10.2 Å². The molecule has 0 spiro atoms. The van der Waals surface area contributed by atoms with E-state index in [0.717, 1.165) is 28.5 Å². The summed E-state index contributed by atoms with van der Waals surface area (Å²) in [6.07, 6.45) is 3.44. The maximum absolute atomic E-state index is 13.7. The summed E-state index contributed by atoms with van der Waals surface area (Å²) in [5, 5.41) is 13.4. The first-order chi connectivity index (χ1) is 9.76. The van der Waals surface area contributed by atoms with Crippen LogP contribution < -0.4 is 10.1 Å². The Morgan fingerprint density at radius 3 is 2.95 bits per heavy atom. The number of halogens is 1. The zero-order chi connectivity index (χ0) is 13.9. The van der Waals surface area contributed by atoms with Crippen molar-refractivity contribution in [1.82, 2.24) is 15.5 Å². The molecule has 4 nitrogen and oxygen atoms in total. The summed E-state index contributed by atoms with van der Waals surface area (Å²) in [6, 6.07) is 5.55. The minimum Gasteiger partial charge on any atom is -0.494 e. The number of hydrogen-bond acceptors (Lipinski definition) is 5. The van der Waals surface area contributed by atoms with Gasteiger partial charge >= 0.3 is 0 Å². The second-order valence-electron chi connectivity index (χ2n) is 4.83. The van der Waals surface area contributed by atoms with Gasteiger partial charge in [0.15, 0.2) is 11.6 Å². The fraction of sp³-hybridized carbons (Fsp3) is 0.429. The third-order valence-corrected chi connectivity index (χ3v) is 4.25. The molecule has 1 N–H and O–H groups in total. The van der Waals surface area contributed by atoms with Gasteiger partial charge in [0.25, 0.3) is 0 Å². The number of benzene rings is 1. The van der Waals surface area contributed by atoms with Crippen molar-refractivity contribution in [3.63, 3.8) is 0 Å². The third kappa shape index (κ3) is 3.13. The lowest BCUT2D eigenvalue weighted by Gasteiger charge is -2.02. The Labute approximate surface area is 121 Å². The number of nitrogens with zero attached hydrogens (tertiary/aromatic N) is 2. The van der Waals surface area contributed by atoms with Crippen molar-refractivity contribution in [2.24, 2.45) is 0 Å². The standard InChI is InChI=1S/C14H16FN3OS/c1-19-12-5-2-9(8-11(12)15)14-18-17-13(20-14)6-7-16-10-3-4-10/h2,5,8,10,16H,3-4,6-7H2,1H3. The van der Waals surface area contributed by atoms with Crippen LogP contribution >= 0.6 is 11.3 Å². The molecule has 0 atom stereocenters. The minimum absolute atomic E-state index is 0.243. The van der Waals surface area contributed by atoms with Gasteiger partial charge in [-0.3, -0.25) is 0 Å². The number of nitrogens with one attached hydrogen (secondary N) is 1. The van der Waals surface area contributed by atoms with E-state index in [4.69, 9.17) is 4.74 Å². The van der Waals surface area contributed by atoms with Gasteiger partial charge in [0.05, 0.1) is 7.11 Å². The Kier molecular flexibility index (Phi) is 3.93. The van der Waals surface area contributed by atoms with Crippen LogP contribution in [0.15, 0.2) is 18.2 Å². The predicted octanol–water partition coefficient (Wildman–Crippen LogP) is 2.65. The molecule has 1 aromatic heterocycles. The van der Waals surface area contributed by atoms with E-state index >= 15 is 0 Å². The maximum Gasteiger partial charge on any atom is 0.165 e. The Bertz CT molecular complexity index is 598. The predicted molar refractivity (Wildman–Crippen MR) is 76.6 cm³/mol. The van der Waals surface area contributed by atoms with Crippen molar-refractivity contribution in [3.8, 4) is 16.3 Å². The van der Waals surface area contributed by atoms with Gasteiger partial charge < -0.3 is 10.1 Å². The molecule has 1 saturated carbocycles. The smallest absolute Gasteiger partial charge is 0.165 e. The van der Waals surface area contributed by atoms with Crippen LogP contribution in [-0.2, 0) is 6.42 Å². The Hall–Kier alpha value is -1.53. The highest BCUT2D eigenvalue weighted by Gasteiger charge is 2.20. The summed E-state index contributed by atoms with van der Waals surface area (Å²) in [5.74, 6) is -0.135. The lowest BCUT2D eigenvalue weighted by Crippen LogP contribution is -2.19. The molecule has 20 heavy (non-hydrogen) atoms. The maximum atomic E-state index is 13.7. The third-order valence-electron chi connectivity index (χ3n) is 3.21. The normalized spacial score (nSPS) is 14.5. The van der Waals surface area contributed by atoms with Crippen molar-refractivity contribution in [3.05, 3.63) is 29.0 Å². The fourth-order valence-corrected chi connectivity index (χ4v) is 2.78. The highest BCUT2D eigenvalue weighted by atomic mass is 32.1. The first-order valence-electron chi connectivity index (χ1n) is 6.66. The van der Waals surface area contributed by atoms with Crippen LogP contribution in [0.1, 0.15) is 17.8 Å². The number of ether oxygens (including phenoxy) is 1. The first-order valence-corrected chi connectivity index (χ1v) is 7.47. The van der Waals surface area contributed by atoms with E-state index in [1.807, 2.05) is 0 Å². The van der Waals surface area contributed by atoms with Gasteiger partial charge in [-0.25, -0.2) is 4.39 Å². The molecule has 3 rings (SSSR count). The summed E-state index contributed by atoms with van der Waals surface area (Å²) in [5.41, 5.74) is 0.738. The van der Waals surface area contributed by atoms with E-state index < -0.39 is 0 Å². The molecule has 1 aliphatic carbocycles.